The molecule has 17 heavy (non-hydrogen) atoms. The van der Waals surface area contributed by atoms with E-state index in [1.807, 2.05) is 25.7 Å². The molecule has 4 heteroatoms. The van der Waals surface area contributed by atoms with Crippen LogP contribution in [0.3, 0.4) is 0 Å². The fourth-order valence-electron chi connectivity index (χ4n) is 2.78. The Morgan fingerprint density at radius 2 is 1.88 bits per heavy atom. The van der Waals surface area contributed by atoms with Gasteiger partial charge in [0.2, 0.25) is 0 Å². The van der Waals surface area contributed by atoms with Gasteiger partial charge in [0, 0.05) is 16.0 Å². The molecule has 1 aliphatic carbocycles. The van der Waals surface area contributed by atoms with Gasteiger partial charge in [-0.1, -0.05) is 22.6 Å². The van der Waals surface area contributed by atoms with Crippen LogP contribution in [0, 0.1) is 0 Å². The second-order valence-electron chi connectivity index (χ2n) is 6.28. The average Bonchev–Trinajstić information content (AvgIpc) is 2.14. The van der Waals surface area contributed by atoms with Crippen LogP contribution in [0.15, 0.2) is 0 Å². The molecule has 0 radical (unpaired) electrons. The van der Waals surface area contributed by atoms with Crippen molar-refractivity contribution >= 4 is 28.7 Å². The molecule has 0 N–H and O–H groups in total. The predicted molar refractivity (Wildman–Crippen MR) is 76.6 cm³/mol. The molecule has 98 valence electrons. The minimum absolute atomic E-state index is 0.115. The Morgan fingerprint density at radius 3 is 2.29 bits per heavy atom. The Morgan fingerprint density at radius 1 is 1.29 bits per heavy atom. The summed E-state index contributed by atoms with van der Waals surface area (Å²) in [5.74, 6) is 0. The number of alkyl halides is 1. The van der Waals surface area contributed by atoms with Crippen molar-refractivity contribution in [2.75, 3.05) is 6.54 Å². The first-order valence-electron chi connectivity index (χ1n) is 6.47. The maximum absolute atomic E-state index is 12.1. The largest absolute Gasteiger partial charge is 0.444 e. The molecule has 0 aromatic heterocycles. The highest BCUT2D eigenvalue weighted by atomic mass is 127. The molecular weight excluding hydrogens is 329 g/mol. The SMILES string of the molecule is CC(C)(C)OC(=O)N1CCC12CCC(I)CC2. The van der Waals surface area contributed by atoms with Crippen molar-refractivity contribution < 1.29 is 9.53 Å². The van der Waals surface area contributed by atoms with E-state index in [4.69, 9.17) is 4.74 Å². The number of amides is 1. The number of carbonyl (C=O) groups is 1. The van der Waals surface area contributed by atoms with Crippen LogP contribution in [0.4, 0.5) is 4.79 Å². The number of halogens is 1. The van der Waals surface area contributed by atoms with Gasteiger partial charge in [-0.05, 0) is 52.9 Å². The maximum Gasteiger partial charge on any atom is 0.410 e. The molecule has 1 heterocycles. The third kappa shape index (κ3) is 2.88. The van der Waals surface area contributed by atoms with E-state index in [1.54, 1.807) is 0 Å². The van der Waals surface area contributed by atoms with E-state index in [-0.39, 0.29) is 17.2 Å². The minimum atomic E-state index is -0.381. The fourth-order valence-corrected chi connectivity index (χ4v) is 3.40. The molecule has 2 fully saturated rings. The third-order valence-corrected chi connectivity index (χ3v) is 5.08. The van der Waals surface area contributed by atoms with E-state index in [2.05, 4.69) is 22.6 Å². The van der Waals surface area contributed by atoms with Crippen LogP contribution in [0.5, 0.6) is 0 Å². The summed E-state index contributed by atoms with van der Waals surface area (Å²) < 4.78 is 6.27. The summed E-state index contributed by atoms with van der Waals surface area (Å²) in [7, 11) is 0. The van der Waals surface area contributed by atoms with Crippen molar-refractivity contribution in [1.82, 2.24) is 4.90 Å². The summed E-state index contributed by atoms with van der Waals surface area (Å²) in [5.41, 5.74) is -0.238. The van der Waals surface area contributed by atoms with Crippen molar-refractivity contribution in [3.8, 4) is 0 Å². The topological polar surface area (TPSA) is 29.5 Å². The molecule has 1 saturated carbocycles. The van der Waals surface area contributed by atoms with E-state index in [0.717, 1.165) is 29.7 Å². The highest BCUT2D eigenvalue weighted by Crippen LogP contribution is 2.45. The lowest BCUT2D eigenvalue weighted by Crippen LogP contribution is -2.64. The minimum Gasteiger partial charge on any atom is -0.444 e. The Balaban J connectivity index is 1.96. The van der Waals surface area contributed by atoms with E-state index >= 15 is 0 Å². The van der Waals surface area contributed by atoms with Gasteiger partial charge < -0.3 is 9.64 Å². The van der Waals surface area contributed by atoms with Crippen molar-refractivity contribution in [3.63, 3.8) is 0 Å². The number of hydrogen-bond donors (Lipinski definition) is 0. The van der Waals surface area contributed by atoms with Gasteiger partial charge >= 0.3 is 6.09 Å². The molecule has 2 rings (SSSR count). The molecule has 1 amide bonds. The van der Waals surface area contributed by atoms with Crippen LogP contribution >= 0.6 is 22.6 Å². The first-order chi connectivity index (χ1) is 7.82. The maximum atomic E-state index is 12.1. The first kappa shape index (κ1) is 13.4. The lowest BCUT2D eigenvalue weighted by atomic mass is 9.73. The standard InChI is InChI=1S/C13H22INO2/c1-12(2,3)17-11(16)15-9-8-13(15)6-4-10(14)5-7-13/h10H,4-9H2,1-3H3. The molecule has 1 spiro atoms. The van der Waals surface area contributed by atoms with Crippen LogP contribution in [0.1, 0.15) is 52.9 Å². The molecule has 1 saturated heterocycles. The second kappa shape index (κ2) is 4.59. The van der Waals surface area contributed by atoms with Crippen LogP contribution in [-0.2, 0) is 4.74 Å². The normalized spacial score (nSPS) is 33.4. The lowest BCUT2D eigenvalue weighted by Gasteiger charge is -2.55. The van der Waals surface area contributed by atoms with Crippen molar-refractivity contribution in [2.24, 2.45) is 0 Å². The first-order valence-corrected chi connectivity index (χ1v) is 7.72. The van der Waals surface area contributed by atoms with Crippen molar-refractivity contribution in [1.29, 1.82) is 0 Å². The summed E-state index contributed by atoms with van der Waals surface area (Å²) in [4.78, 5) is 14.1. The number of hydrogen-bond acceptors (Lipinski definition) is 2. The Hall–Kier alpha value is 0. The summed E-state index contributed by atoms with van der Waals surface area (Å²) in [6.07, 6.45) is 5.82. The van der Waals surface area contributed by atoms with Gasteiger partial charge in [0.15, 0.2) is 0 Å². The van der Waals surface area contributed by atoms with E-state index < -0.39 is 0 Å². The molecule has 0 bridgehead atoms. The number of carbonyl (C=O) groups excluding carboxylic acids is 1. The average molecular weight is 351 g/mol. The van der Waals surface area contributed by atoms with E-state index in [9.17, 15) is 4.79 Å². The zero-order valence-corrected chi connectivity index (χ0v) is 13.1. The molecule has 0 unspecified atom stereocenters. The summed E-state index contributed by atoms with van der Waals surface area (Å²) in [6, 6.07) is 0. The van der Waals surface area contributed by atoms with Gasteiger partial charge in [0.1, 0.15) is 5.60 Å². The van der Waals surface area contributed by atoms with Crippen LogP contribution < -0.4 is 0 Å². The van der Waals surface area contributed by atoms with Crippen molar-refractivity contribution in [2.45, 2.75) is 67.9 Å². The molecule has 0 atom stereocenters. The number of rotatable bonds is 0. The van der Waals surface area contributed by atoms with E-state index in [1.165, 1.54) is 12.8 Å². The van der Waals surface area contributed by atoms with Gasteiger partial charge in [-0.3, -0.25) is 0 Å². The predicted octanol–water partition coefficient (Wildman–Crippen LogP) is 3.74. The van der Waals surface area contributed by atoms with Gasteiger partial charge in [0.25, 0.3) is 0 Å². The van der Waals surface area contributed by atoms with E-state index in [0.29, 0.717) is 0 Å². The number of likely N-dealkylation sites (tertiary alicyclic amines) is 1. The molecular formula is C13H22INO2. The third-order valence-electron chi connectivity index (χ3n) is 3.83. The second-order valence-corrected chi connectivity index (χ2v) is 8.04. The van der Waals surface area contributed by atoms with Crippen molar-refractivity contribution in [3.05, 3.63) is 0 Å². The molecule has 1 aliphatic heterocycles. The lowest BCUT2D eigenvalue weighted by molar-refractivity contribution is -0.0582. The number of nitrogens with zero attached hydrogens (tertiary/aromatic N) is 1. The summed E-state index contributed by atoms with van der Waals surface area (Å²) in [6.45, 7) is 6.66. The molecule has 0 aromatic rings. The van der Waals surface area contributed by atoms with Crippen LogP contribution in [0.2, 0.25) is 0 Å². The monoisotopic (exact) mass is 351 g/mol. The van der Waals surface area contributed by atoms with Gasteiger partial charge in [-0.2, -0.15) is 0 Å². The molecule has 2 aliphatic rings. The Kier molecular flexibility index (Phi) is 3.63. The molecule has 3 nitrogen and oxygen atoms in total. The quantitative estimate of drug-likeness (QED) is 0.492. The summed E-state index contributed by atoms with van der Waals surface area (Å²) >= 11 is 2.53. The highest BCUT2D eigenvalue weighted by Gasteiger charge is 2.49. The van der Waals surface area contributed by atoms with Gasteiger partial charge in [-0.15, -0.1) is 0 Å². The zero-order chi connectivity index (χ0) is 12.7. The highest BCUT2D eigenvalue weighted by molar-refractivity contribution is 14.1. The smallest absolute Gasteiger partial charge is 0.410 e. The van der Waals surface area contributed by atoms with Crippen LogP contribution in [0.25, 0.3) is 0 Å². The Labute approximate surface area is 117 Å². The van der Waals surface area contributed by atoms with Gasteiger partial charge in [-0.25, -0.2) is 4.79 Å². The van der Waals surface area contributed by atoms with Gasteiger partial charge in [0.05, 0.1) is 0 Å². The number of ether oxygens (including phenoxy) is 1. The summed E-state index contributed by atoms with van der Waals surface area (Å²) in [5, 5.41) is 0. The van der Waals surface area contributed by atoms with Crippen LogP contribution in [-0.4, -0.2) is 32.6 Å². The fraction of sp³-hybridized carbons (Fsp3) is 0.923. The Bertz CT molecular complexity index is 303. The molecule has 0 aromatic carbocycles. The zero-order valence-electron chi connectivity index (χ0n) is 11.0.